The van der Waals surface area contributed by atoms with Crippen molar-refractivity contribution in [1.29, 1.82) is 0 Å². The van der Waals surface area contributed by atoms with E-state index < -0.39 is 0 Å². The molecule has 2 aliphatic rings. The van der Waals surface area contributed by atoms with Gasteiger partial charge in [-0.25, -0.2) is 4.98 Å². The van der Waals surface area contributed by atoms with Crippen molar-refractivity contribution in [2.45, 2.75) is 44.1 Å². The smallest absolute Gasteiger partial charge is 0.227 e. The van der Waals surface area contributed by atoms with Crippen molar-refractivity contribution in [2.75, 3.05) is 13.1 Å². The van der Waals surface area contributed by atoms with E-state index in [9.17, 15) is 4.79 Å². The highest BCUT2D eigenvalue weighted by Crippen LogP contribution is 2.33. The van der Waals surface area contributed by atoms with E-state index in [4.69, 9.17) is 21.8 Å². The summed E-state index contributed by atoms with van der Waals surface area (Å²) in [7, 11) is 0. The summed E-state index contributed by atoms with van der Waals surface area (Å²) < 4.78 is 5.88. The van der Waals surface area contributed by atoms with E-state index in [1.807, 2.05) is 23.1 Å². The molecule has 128 valence electrons. The number of piperidine rings is 1. The van der Waals surface area contributed by atoms with Crippen molar-refractivity contribution in [2.24, 2.45) is 11.7 Å². The van der Waals surface area contributed by atoms with Gasteiger partial charge in [0.1, 0.15) is 5.52 Å². The average Bonchev–Trinajstić information content (AvgIpc) is 3.20. The minimum absolute atomic E-state index is 0.0213. The highest BCUT2D eigenvalue weighted by molar-refractivity contribution is 6.31. The number of fused-ring (bicyclic) bond motifs is 1. The molecule has 1 aromatic carbocycles. The molecule has 0 spiro atoms. The predicted octanol–water partition coefficient (Wildman–Crippen LogP) is 3.31. The van der Waals surface area contributed by atoms with Crippen LogP contribution < -0.4 is 5.73 Å². The van der Waals surface area contributed by atoms with E-state index in [0.29, 0.717) is 5.02 Å². The quantitative estimate of drug-likeness (QED) is 0.904. The second-order valence-corrected chi connectivity index (χ2v) is 7.40. The maximum Gasteiger partial charge on any atom is 0.227 e. The van der Waals surface area contributed by atoms with Crippen LogP contribution in [0.4, 0.5) is 0 Å². The highest BCUT2D eigenvalue weighted by atomic mass is 35.5. The first-order chi connectivity index (χ1) is 11.6. The fraction of sp³-hybridized carbons (Fsp3) is 0.556. The molecule has 1 aliphatic carbocycles. The van der Waals surface area contributed by atoms with Gasteiger partial charge >= 0.3 is 0 Å². The summed E-state index contributed by atoms with van der Waals surface area (Å²) in [6.07, 6.45) is 4.74. The van der Waals surface area contributed by atoms with Crippen LogP contribution >= 0.6 is 11.6 Å². The van der Waals surface area contributed by atoms with E-state index in [-0.39, 0.29) is 23.8 Å². The first kappa shape index (κ1) is 15.9. The van der Waals surface area contributed by atoms with Crippen molar-refractivity contribution in [3.8, 4) is 0 Å². The van der Waals surface area contributed by atoms with Crippen LogP contribution in [0.2, 0.25) is 5.02 Å². The third-order valence-corrected chi connectivity index (χ3v) is 5.64. The summed E-state index contributed by atoms with van der Waals surface area (Å²) in [5.74, 6) is 1.28. The number of hydrogen-bond donors (Lipinski definition) is 1. The van der Waals surface area contributed by atoms with Crippen molar-refractivity contribution in [3.63, 3.8) is 0 Å². The van der Waals surface area contributed by atoms with Crippen molar-refractivity contribution in [3.05, 3.63) is 29.1 Å². The number of oxazole rings is 1. The van der Waals surface area contributed by atoms with Gasteiger partial charge in [-0.1, -0.05) is 18.0 Å². The number of rotatable bonds is 2. The van der Waals surface area contributed by atoms with E-state index in [1.165, 1.54) is 0 Å². The van der Waals surface area contributed by atoms with Gasteiger partial charge in [-0.2, -0.15) is 0 Å². The lowest BCUT2D eigenvalue weighted by molar-refractivity contribution is -0.136. The first-order valence-corrected chi connectivity index (χ1v) is 9.10. The maximum atomic E-state index is 12.6. The van der Waals surface area contributed by atoms with E-state index in [1.54, 1.807) is 0 Å². The zero-order valence-corrected chi connectivity index (χ0v) is 14.3. The fourth-order valence-corrected chi connectivity index (χ4v) is 4.14. The van der Waals surface area contributed by atoms with Gasteiger partial charge < -0.3 is 15.1 Å². The van der Waals surface area contributed by atoms with Crippen molar-refractivity contribution < 1.29 is 9.21 Å². The second-order valence-electron chi connectivity index (χ2n) is 6.96. The predicted molar refractivity (Wildman–Crippen MR) is 92.9 cm³/mol. The molecule has 1 aliphatic heterocycles. The van der Waals surface area contributed by atoms with Crippen molar-refractivity contribution in [1.82, 2.24) is 9.88 Å². The number of hydrogen-bond acceptors (Lipinski definition) is 4. The van der Waals surface area contributed by atoms with Crippen molar-refractivity contribution >= 4 is 28.6 Å². The molecule has 24 heavy (non-hydrogen) atoms. The second kappa shape index (κ2) is 6.37. The number of likely N-dealkylation sites (tertiary alicyclic amines) is 1. The third kappa shape index (κ3) is 2.91. The summed E-state index contributed by atoms with van der Waals surface area (Å²) >= 11 is 6.01. The Bertz CT molecular complexity index is 752. The Balaban J connectivity index is 1.42. The maximum absolute atomic E-state index is 12.6. The normalized spacial score (nSPS) is 25.5. The minimum Gasteiger partial charge on any atom is -0.440 e. The molecule has 2 atom stereocenters. The number of carbonyl (C=O) groups is 1. The average molecular weight is 348 g/mol. The molecule has 2 aromatic rings. The van der Waals surface area contributed by atoms with Gasteiger partial charge in [-0.15, -0.1) is 0 Å². The molecule has 2 heterocycles. The standard InChI is InChI=1S/C18H22ClN3O2/c19-12-4-5-16-15(10-12)21-17(24-16)11-6-8-22(9-7-11)18(23)13-2-1-3-14(13)20/h4-5,10-11,13-14H,1-3,6-9,20H2/t13-,14+/m1/s1. The molecule has 1 aromatic heterocycles. The molecule has 4 rings (SSSR count). The SMILES string of the molecule is N[C@H]1CCC[C@H]1C(=O)N1CCC(c2nc3cc(Cl)ccc3o2)CC1. The Morgan fingerprint density at radius 1 is 1.25 bits per heavy atom. The Labute approximate surface area is 146 Å². The molecule has 6 heteroatoms. The van der Waals surface area contributed by atoms with Gasteiger partial charge in [0, 0.05) is 30.1 Å². The molecule has 0 bridgehead atoms. The fourth-order valence-electron chi connectivity index (χ4n) is 3.97. The van der Waals surface area contributed by atoms with Crippen LogP contribution in [0.1, 0.15) is 43.9 Å². The molecule has 2 N–H and O–H groups in total. The minimum atomic E-state index is 0.0213. The zero-order chi connectivity index (χ0) is 16.7. The Hall–Kier alpha value is -1.59. The van der Waals surface area contributed by atoms with Gasteiger partial charge in [-0.05, 0) is 43.9 Å². The highest BCUT2D eigenvalue weighted by Gasteiger charge is 2.35. The first-order valence-electron chi connectivity index (χ1n) is 8.72. The number of aromatic nitrogens is 1. The lowest BCUT2D eigenvalue weighted by Gasteiger charge is -2.33. The molecule has 2 fully saturated rings. The number of nitrogens with zero attached hydrogens (tertiary/aromatic N) is 2. The zero-order valence-electron chi connectivity index (χ0n) is 13.6. The van der Waals surface area contributed by atoms with Gasteiger partial charge in [0.15, 0.2) is 11.5 Å². The molecule has 1 saturated heterocycles. The van der Waals surface area contributed by atoms with E-state index in [0.717, 1.165) is 62.2 Å². The summed E-state index contributed by atoms with van der Waals surface area (Å²) in [5, 5.41) is 0.663. The van der Waals surface area contributed by atoms with Crippen LogP contribution in [0.25, 0.3) is 11.1 Å². The van der Waals surface area contributed by atoms with Crippen LogP contribution in [0, 0.1) is 5.92 Å². The molecule has 0 radical (unpaired) electrons. The van der Waals surface area contributed by atoms with Crippen LogP contribution in [0.5, 0.6) is 0 Å². The molecule has 5 nitrogen and oxygen atoms in total. The number of nitrogens with two attached hydrogens (primary N) is 1. The van der Waals surface area contributed by atoms with Crippen LogP contribution in [-0.4, -0.2) is 34.9 Å². The lowest BCUT2D eigenvalue weighted by atomic mass is 9.94. The molecular formula is C18H22ClN3O2. The molecule has 1 amide bonds. The molecule has 1 saturated carbocycles. The molecule has 0 unspecified atom stereocenters. The van der Waals surface area contributed by atoms with Gasteiger partial charge in [0.05, 0.1) is 5.92 Å². The topological polar surface area (TPSA) is 72.4 Å². The Morgan fingerprint density at radius 3 is 2.75 bits per heavy atom. The molecular weight excluding hydrogens is 326 g/mol. The van der Waals surface area contributed by atoms with Gasteiger partial charge in [-0.3, -0.25) is 4.79 Å². The summed E-state index contributed by atoms with van der Waals surface area (Å²) in [5.41, 5.74) is 7.64. The summed E-state index contributed by atoms with van der Waals surface area (Å²) in [4.78, 5) is 19.2. The summed E-state index contributed by atoms with van der Waals surface area (Å²) in [6, 6.07) is 5.53. The van der Waals surface area contributed by atoms with Crippen LogP contribution in [0.15, 0.2) is 22.6 Å². The monoisotopic (exact) mass is 347 g/mol. The summed E-state index contributed by atoms with van der Waals surface area (Å²) in [6.45, 7) is 1.51. The Morgan fingerprint density at radius 2 is 2.04 bits per heavy atom. The van der Waals surface area contributed by atoms with E-state index >= 15 is 0 Å². The Kier molecular flexibility index (Phi) is 4.22. The van der Waals surface area contributed by atoms with Crippen LogP contribution in [-0.2, 0) is 4.79 Å². The van der Waals surface area contributed by atoms with E-state index in [2.05, 4.69) is 4.98 Å². The largest absolute Gasteiger partial charge is 0.440 e. The number of benzene rings is 1. The third-order valence-electron chi connectivity index (χ3n) is 5.41. The number of amides is 1. The number of carbonyl (C=O) groups excluding carboxylic acids is 1. The van der Waals surface area contributed by atoms with Crippen LogP contribution in [0.3, 0.4) is 0 Å². The lowest BCUT2D eigenvalue weighted by Crippen LogP contribution is -2.45. The van der Waals surface area contributed by atoms with Gasteiger partial charge in [0.2, 0.25) is 5.91 Å². The van der Waals surface area contributed by atoms with Gasteiger partial charge in [0.25, 0.3) is 0 Å². The number of halogens is 1.